The van der Waals surface area contributed by atoms with Crippen molar-refractivity contribution in [2.24, 2.45) is 0 Å². The van der Waals surface area contributed by atoms with Crippen molar-refractivity contribution in [2.45, 2.75) is 5.75 Å². The fraction of sp³-hybridized carbons (Fsp3) is 0.316. The second-order valence-corrected chi connectivity index (χ2v) is 9.54. The van der Waals surface area contributed by atoms with Gasteiger partial charge in [0.05, 0.1) is 30.3 Å². The monoisotopic (exact) mass is 452 g/mol. The van der Waals surface area contributed by atoms with Gasteiger partial charge in [-0.3, -0.25) is 4.79 Å². The third-order valence-electron chi connectivity index (χ3n) is 4.18. The molecular formula is C19H21BrN2O4S. The van der Waals surface area contributed by atoms with Gasteiger partial charge in [-0.1, -0.05) is 28.1 Å². The van der Waals surface area contributed by atoms with Crippen molar-refractivity contribution >= 4 is 43.0 Å². The summed E-state index contributed by atoms with van der Waals surface area (Å²) in [5.41, 5.74) is 2.64. The number of benzene rings is 2. The van der Waals surface area contributed by atoms with E-state index in [2.05, 4.69) is 26.1 Å². The van der Waals surface area contributed by atoms with Gasteiger partial charge in [0.15, 0.2) is 9.84 Å². The number of hydrogen-bond acceptors (Lipinski definition) is 5. The van der Waals surface area contributed by atoms with E-state index in [1.165, 1.54) is 6.26 Å². The second kappa shape index (κ2) is 8.41. The zero-order valence-corrected chi connectivity index (χ0v) is 17.3. The molecule has 1 fully saturated rings. The molecule has 1 heterocycles. The molecule has 1 saturated heterocycles. The fourth-order valence-corrected chi connectivity index (χ4v) is 4.13. The molecule has 0 spiro atoms. The molecule has 0 bridgehead atoms. The molecule has 144 valence electrons. The predicted molar refractivity (Wildman–Crippen MR) is 110 cm³/mol. The molecule has 0 aliphatic carbocycles. The summed E-state index contributed by atoms with van der Waals surface area (Å²) in [6, 6.07) is 12.5. The van der Waals surface area contributed by atoms with Gasteiger partial charge in [0.25, 0.3) is 5.91 Å². The average molecular weight is 453 g/mol. The van der Waals surface area contributed by atoms with Crippen molar-refractivity contribution in [1.29, 1.82) is 0 Å². The molecule has 2 aromatic carbocycles. The van der Waals surface area contributed by atoms with E-state index >= 15 is 0 Å². The number of sulfone groups is 1. The lowest BCUT2D eigenvalue weighted by Crippen LogP contribution is -2.36. The van der Waals surface area contributed by atoms with Crippen LogP contribution < -0.4 is 10.2 Å². The lowest BCUT2D eigenvalue weighted by Gasteiger charge is -2.30. The molecule has 8 heteroatoms. The second-order valence-electron chi connectivity index (χ2n) is 6.49. The van der Waals surface area contributed by atoms with Crippen LogP contribution in [0, 0.1) is 0 Å². The first kappa shape index (κ1) is 19.9. The van der Waals surface area contributed by atoms with E-state index in [-0.39, 0.29) is 11.7 Å². The maximum atomic E-state index is 12.8. The molecular weight excluding hydrogens is 432 g/mol. The summed E-state index contributed by atoms with van der Waals surface area (Å²) in [6.45, 7) is 2.82. The van der Waals surface area contributed by atoms with E-state index in [0.29, 0.717) is 30.0 Å². The van der Waals surface area contributed by atoms with E-state index in [9.17, 15) is 13.2 Å². The van der Waals surface area contributed by atoms with E-state index in [4.69, 9.17) is 4.74 Å². The summed E-state index contributed by atoms with van der Waals surface area (Å²) in [5, 5.41) is 2.95. The minimum atomic E-state index is -3.16. The molecule has 6 nitrogen and oxygen atoms in total. The highest BCUT2D eigenvalue weighted by atomic mass is 79.9. The zero-order chi connectivity index (χ0) is 19.4. The van der Waals surface area contributed by atoms with Gasteiger partial charge in [-0.2, -0.15) is 0 Å². The number of nitrogens with zero attached hydrogens (tertiary/aromatic N) is 1. The Labute approximate surface area is 167 Å². The smallest absolute Gasteiger partial charge is 0.255 e. The van der Waals surface area contributed by atoms with E-state index < -0.39 is 9.84 Å². The molecule has 1 N–H and O–H groups in total. The van der Waals surface area contributed by atoms with Crippen LogP contribution in [-0.4, -0.2) is 46.9 Å². The molecule has 0 aromatic heterocycles. The Kier molecular flexibility index (Phi) is 6.18. The predicted octanol–water partition coefficient (Wildman–Crippen LogP) is 3.08. The van der Waals surface area contributed by atoms with Gasteiger partial charge in [-0.15, -0.1) is 0 Å². The zero-order valence-electron chi connectivity index (χ0n) is 14.9. The van der Waals surface area contributed by atoms with Crippen LogP contribution in [0.25, 0.3) is 0 Å². The standard InChI is InChI=1S/C19H21BrN2O4S/c1-27(24,25)13-14-3-2-4-15(11-14)19(23)21-17-12-16(20)5-6-18(17)22-7-9-26-10-8-22/h2-6,11-12H,7-10,13H2,1H3,(H,21,23). The van der Waals surface area contributed by atoms with Crippen molar-refractivity contribution < 1.29 is 17.9 Å². The summed E-state index contributed by atoms with van der Waals surface area (Å²) in [5.74, 6) is -0.373. The fourth-order valence-electron chi connectivity index (χ4n) is 2.99. The lowest BCUT2D eigenvalue weighted by molar-refractivity contribution is 0.102. The minimum absolute atomic E-state index is 0.0932. The van der Waals surface area contributed by atoms with Crippen LogP contribution in [0.2, 0.25) is 0 Å². The van der Waals surface area contributed by atoms with Crippen molar-refractivity contribution in [2.75, 3.05) is 42.8 Å². The highest BCUT2D eigenvalue weighted by Crippen LogP contribution is 2.30. The summed E-state index contributed by atoms with van der Waals surface area (Å²) in [7, 11) is -3.16. The van der Waals surface area contributed by atoms with Crippen LogP contribution in [0.5, 0.6) is 0 Å². The minimum Gasteiger partial charge on any atom is -0.378 e. The summed E-state index contributed by atoms with van der Waals surface area (Å²) >= 11 is 3.45. The third-order valence-corrected chi connectivity index (χ3v) is 5.53. The van der Waals surface area contributed by atoms with Crippen molar-refractivity contribution in [3.63, 3.8) is 0 Å². The first-order valence-corrected chi connectivity index (χ1v) is 11.4. The van der Waals surface area contributed by atoms with Crippen molar-refractivity contribution in [3.8, 4) is 0 Å². The number of halogens is 1. The third kappa shape index (κ3) is 5.54. The number of carbonyl (C=O) groups excluding carboxylic acids is 1. The number of nitrogens with one attached hydrogen (secondary N) is 1. The number of carbonyl (C=O) groups is 1. The summed E-state index contributed by atoms with van der Waals surface area (Å²) < 4.78 is 29.3. The van der Waals surface area contributed by atoms with E-state index in [0.717, 1.165) is 23.2 Å². The van der Waals surface area contributed by atoms with E-state index in [1.807, 2.05) is 18.2 Å². The normalized spacial score (nSPS) is 14.8. The number of ether oxygens (including phenoxy) is 1. The lowest BCUT2D eigenvalue weighted by atomic mass is 10.1. The van der Waals surface area contributed by atoms with Gasteiger partial charge in [0, 0.05) is 29.4 Å². The summed E-state index contributed by atoms with van der Waals surface area (Å²) in [4.78, 5) is 14.9. The Balaban J connectivity index is 1.83. The summed E-state index contributed by atoms with van der Waals surface area (Å²) in [6.07, 6.45) is 1.18. The van der Waals surface area contributed by atoms with Crippen molar-refractivity contribution in [1.82, 2.24) is 0 Å². The van der Waals surface area contributed by atoms with Crippen LogP contribution in [0.15, 0.2) is 46.9 Å². The molecule has 1 aliphatic rings. The molecule has 27 heavy (non-hydrogen) atoms. The molecule has 0 unspecified atom stereocenters. The SMILES string of the molecule is CS(=O)(=O)Cc1cccc(C(=O)Nc2cc(Br)ccc2N2CCOCC2)c1. The van der Waals surface area contributed by atoms with Gasteiger partial charge in [-0.25, -0.2) is 8.42 Å². The van der Waals surface area contributed by atoms with Gasteiger partial charge in [0.2, 0.25) is 0 Å². The largest absolute Gasteiger partial charge is 0.378 e. The quantitative estimate of drug-likeness (QED) is 0.753. The molecule has 0 radical (unpaired) electrons. The van der Waals surface area contributed by atoms with Crippen LogP contribution in [0.4, 0.5) is 11.4 Å². The van der Waals surface area contributed by atoms with Crippen LogP contribution >= 0.6 is 15.9 Å². The Bertz CT molecular complexity index is 940. The first-order valence-electron chi connectivity index (χ1n) is 8.52. The Hall–Kier alpha value is -1.90. The molecule has 1 amide bonds. The highest BCUT2D eigenvalue weighted by molar-refractivity contribution is 9.10. The average Bonchev–Trinajstić information content (AvgIpc) is 2.61. The molecule has 3 rings (SSSR count). The Morgan fingerprint density at radius 2 is 1.93 bits per heavy atom. The molecule has 2 aromatic rings. The van der Waals surface area contributed by atoms with Crippen LogP contribution in [-0.2, 0) is 20.3 Å². The Morgan fingerprint density at radius 3 is 2.63 bits per heavy atom. The number of rotatable bonds is 5. The number of anilines is 2. The number of hydrogen-bond donors (Lipinski definition) is 1. The maximum Gasteiger partial charge on any atom is 0.255 e. The van der Waals surface area contributed by atoms with Gasteiger partial charge >= 0.3 is 0 Å². The maximum absolute atomic E-state index is 12.8. The van der Waals surface area contributed by atoms with E-state index in [1.54, 1.807) is 24.3 Å². The topological polar surface area (TPSA) is 75.7 Å². The molecule has 1 aliphatic heterocycles. The van der Waals surface area contributed by atoms with Crippen molar-refractivity contribution in [3.05, 3.63) is 58.1 Å². The van der Waals surface area contributed by atoms with Crippen LogP contribution in [0.1, 0.15) is 15.9 Å². The highest BCUT2D eigenvalue weighted by Gasteiger charge is 2.17. The van der Waals surface area contributed by atoms with Gasteiger partial charge in [0.1, 0.15) is 0 Å². The van der Waals surface area contributed by atoms with Gasteiger partial charge in [-0.05, 0) is 35.9 Å². The first-order chi connectivity index (χ1) is 12.8. The number of amides is 1. The van der Waals surface area contributed by atoms with Gasteiger partial charge < -0.3 is 15.0 Å². The Morgan fingerprint density at radius 1 is 1.19 bits per heavy atom. The number of morpholine rings is 1. The molecule has 0 atom stereocenters. The molecule has 0 saturated carbocycles. The van der Waals surface area contributed by atoms with Crippen LogP contribution in [0.3, 0.4) is 0 Å².